The number of amides is 1. The Morgan fingerprint density at radius 3 is 2.85 bits per heavy atom. The monoisotopic (exact) mass is 277 g/mol. The van der Waals surface area contributed by atoms with Crippen LogP contribution in [0, 0.1) is 0 Å². The number of nitrogens with one attached hydrogen (secondary N) is 1. The molecule has 0 fully saturated rings. The normalized spacial score (nSPS) is 12.2. The van der Waals surface area contributed by atoms with Crippen molar-refractivity contribution in [1.29, 1.82) is 0 Å². The van der Waals surface area contributed by atoms with Crippen LogP contribution in [0.1, 0.15) is 6.42 Å². The first-order chi connectivity index (χ1) is 9.58. The van der Waals surface area contributed by atoms with Crippen molar-refractivity contribution in [2.75, 3.05) is 6.54 Å². The average Bonchev–Trinajstić information content (AvgIpc) is 2.82. The van der Waals surface area contributed by atoms with Gasteiger partial charge in [0.25, 0.3) is 0 Å². The third kappa shape index (κ3) is 3.33. The van der Waals surface area contributed by atoms with E-state index in [1.54, 1.807) is 10.9 Å². The summed E-state index contributed by atoms with van der Waals surface area (Å²) < 4.78 is 1.71. The summed E-state index contributed by atoms with van der Waals surface area (Å²) in [6.45, 7) is 0.211. The van der Waals surface area contributed by atoms with E-state index in [1.165, 1.54) is 0 Å². The number of nitrogens with zero attached hydrogens (tertiary/aromatic N) is 2. The molecule has 0 saturated heterocycles. The number of aliphatic carboxylic acids is 1. The molecular formula is C13H15N3O4. The van der Waals surface area contributed by atoms with E-state index in [1.807, 2.05) is 24.3 Å². The van der Waals surface area contributed by atoms with Gasteiger partial charge in [0.05, 0.1) is 17.4 Å². The van der Waals surface area contributed by atoms with E-state index >= 15 is 0 Å². The molecule has 7 nitrogen and oxygen atoms in total. The Morgan fingerprint density at radius 2 is 2.10 bits per heavy atom. The molecule has 0 saturated carbocycles. The second-order valence-electron chi connectivity index (χ2n) is 4.35. The van der Waals surface area contributed by atoms with E-state index < -0.39 is 12.1 Å². The van der Waals surface area contributed by atoms with Gasteiger partial charge in [-0.05, 0) is 12.1 Å². The third-order valence-corrected chi connectivity index (χ3v) is 2.87. The number of carbonyl (C=O) groups excluding carboxylic acids is 1. The largest absolute Gasteiger partial charge is 0.479 e. The van der Waals surface area contributed by atoms with E-state index in [0.717, 1.165) is 11.0 Å². The van der Waals surface area contributed by atoms with E-state index in [2.05, 4.69) is 10.3 Å². The van der Waals surface area contributed by atoms with Crippen molar-refractivity contribution >= 4 is 22.9 Å². The van der Waals surface area contributed by atoms with Gasteiger partial charge in [-0.1, -0.05) is 12.1 Å². The van der Waals surface area contributed by atoms with Crippen LogP contribution in [-0.4, -0.2) is 44.3 Å². The van der Waals surface area contributed by atoms with Gasteiger partial charge in [-0.25, -0.2) is 9.78 Å². The number of aromatic nitrogens is 2. The summed E-state index contributed by atoms with van der Waals surface area (Å²) in [5.41, 5.74) is 1.66. The smallest absolute Gasteiger partial charge is 0.332 e. The zero-order chi connectivity index (χ0) is 14.5. The fourth-order valence-electron chi connectivity index (χ4n) is 1.82. The SMILES string of the molecule is O=C(Cn1cnc2ccccc21)NCC[C@H](O)C(=O)O. The second-order valence-corrected chi connectivity index (χ2v) is 4.35. The lowest BCUT2D eigenvalue weighted by molar-refractivity contribution is -0.147. The predicted octanol–water partition coefficient (Wildman–Crippen LogP) is -0.0119. The minimum Gasteiger partial charge on any atom is -0.479 e. The van der Waals surface area contributed by atoms with Gasteiger partial charge in [-0.3, -0.25) is 4.79 Å². The molecule has 20 heavy (non-hydrogen) atoms. The fourth-order valence-corrected chi connectivity index (χ4v) is 1.82. The van der Waals surface area contributed by atoms with Crippen LogP contribution in [0.5, 0.6) is 0 Å². The number of para-hydroxylation sites is 2. The zero-order valence-corrected chi connectivity index (χ0v) is 10.7. The highest BCUT2D eigenvalue weighted by Crippen LogP contribution is 2.11. The Morgan fingerprint density at radius 1 is 1.35 bits per heavy atom. The Kier molecular flexibility index (Phi) is 4.31. The summed E-state index contributed by atoms with van der Waals surface area (Å²) in [4.78, 5) is 26.3. The number of imidazole rings is 1. The maximum atomic E-state index is 11.7. The van der Waals surface area contributed by atoms with Crippen LogP contribution in [0.25, 0.3) is 11.0 Å². The number of carboxylic acid groups (broad SMARTS) is 1. The Bertz CT molecular complexity index is 623. The molecule has 0 unspecified atom stereocenters. The summed E-state index contributed by atoms with van der Waals surface area (Å²) in [5, 5.41) is 20.1. The topological polar surface area (TPSA) is 104 Å². The summed E-state index contributed by atoms with van der Waals surface area (Å²) >= 11 is 0. The van der Waals surface area contributed by atoms with Gasteiger partial charge >= 0.3 is 5.97 Å². The summed E-state index contributed by atoms with van der Waals surface area (Å²) in [6, 6.07) is 7.45. The number of hydrogen-bond acceptors (Lipinski definition) is 4. The van der Waals surface area contributed by atoms with E-state index in [4.69, 9.17) is 10.2 Å². The Labute approximate surface area is 114 Å². The lowest BCUT2D eigenvalue weighted by Gasteiger charge is -2.08. The van der Waals surface area contributed by atoms with Crippen LogP contribution in [0.3, 0.4) is 0 Å². The second kappa shape index (κ2) is 6.16. The first-order valence-corrected chi connectivity index (χ1v) is 6.15. The van der Waals surface area contributed by atoms with Gasteiger partial charge < -0.3 is 20.1 Å². The van der Waals surface area contributed by atoms with E-state index in [9.17, 15) is 9.59 Å². The van der Waals surface area contributed by atoms with Crippen molar-refractivity contribution in [2.24, 2.45) is 0 Å². The summed E-state index contributed by atoms with van der Waals surface area (Å²) in [7, 11) is 0. The lowest BCUT2D eigenvalue weighted by Crippen LogP contribution is -2.32. The van der Waals surface area contributed by atoms with Crippen LogP contribution in [0.15, 0.2) is 30.6 Å². The van der Waals surface area contributed by atoms with Crippen molar-refractivity contribution in [3.8, 4) is 0 Å². The molecular weight excluding hydrogens is 262 g/mol. The van der Waals surface area contributed by atoms with Crippen LogP contribution >= 0.6 is 0 Å². The highest BCUT2D eigenvalue weighted by Gasteiger charge is 2.13. The number of benzene rings is 1. The lowest BCUT2D eigenvalue weighted by atomic mass is 10.2. The highest BCUT2D eigenvalue weighted by atomic mass is 16.4. The van der Waals surface area contributed by atoms with Gasteiger partial charge in [-0.2, -0.15) is 0 Å². The molecule has 1 heterocycles. The number of carbonyl (C=O) groups is 2. The molecule has 0 bridgehead atoms. The number of fused-ring (bicyclic) bond motifs is 1. The molecule has 0 radical (unpaired) electrons. The quantitative estimate of drug-likeness (QED) is 0.688. The molecule has 1 atom stereocenters. The van der Waals surface area contributed by atoms with Gasteiger partial charge in [0.15, 0.2) is 6.10 Å². The highest BCUT2D eigenvalue weighted by molar-refractivity contribution is 5.80. The molecule has 0 spiro atoms. The molecule has 3 N–H and O–H groups in total. The van der Waals surface area contributed by atoms with E-state index in [0.29, 0.717) is 0 Å². The average molecular weight is 277 g/mol. The maximum Gasteiger partial charge on any atom is 0.332 e. The summed E-state index contributed by atoms with van der Waals surface area (Å²) in [5.74, 6) is -1.55. The number of hydrogen-bond donors (Lipinski definition) is 3. The van der Waals surface area contributed by atoms with Crippen molar-refractivity contribution in [1.82, 2.24) is 14.9 Å². The Balaban J connectivity index is 1.87. The minimum atomic E-state index is -1.45. The number of carboxylic acids is 1. The minimum absolute atomic E-state index is 0.0221. The molecule has 0 aliphatic heterocycles. The van der Waals surface area contributed by atoms with Gasteiger partial charge in [0.2, 0.25) is 5.91 Å². The molecule has 1 aromatic heterocycles. The standard InChI is InChI=1S/C13H15N3O4/c17-11(13(19)20)5-6-14-12(18)7-16-8-15-9-3-1-2-4-10(9)16/h1-4,8,11,17H,5-7H2,(H,14,18)(H,19,20)/t11-/m0/s1. The molecule has 106 valence electrons. The molecule has 0 aliphatic carbocycles. The molecule has 1 amide bonds. The van der Waals surface area contributed by atoms with Crippen LogP contribution < -0.4 is 5.32 Å². The van der Waals surface area contributed by atoms with Crippen molar-refractivity contribution in [2.45, 2.75) is 19.1 Å². The van der Waals surface area contributed by atoms with Crippen LogP contribution in [0.4, 0.5) is 0 Å². The molecule has 7 heteroatoms. The Hall–Kier alpha value is -2.41. The predicted molar refractivity (Wildman–Crippen MR) is 71.0 cm³/mol. The molecule has 1 aromatic carbocycles. The van der Waals surface area contributed by atoms with Crippen molar-refractivity contribution < 1.29 is 19.8 Å². The van der Waals surface area contributed by atoms with Gasteiger partial charge in [0.1, 0.15) is 6.54 Å². The first kappa shape index (κ1) is 14.0. The number of aliphatic hydroxyl groups is 1. The fraction of sp³-hybridized carbons (Fsp3) is 0.308. The van der Waals surface area contributed by atoms with Crippen molar-refractivity contribution in [3.63, 3.8) is 0 Å². The number of aliphatic hydroxyl groups excluding tert-OH is 1. The molecule has 0 aliphatic rings. The first-order valence-electron chi connectivity index (χ1n) is 6.15. The molecule has 2 aromatic rings. The third-order valence-electron chi connectivity index (χ3n) is 2.87. The van der Waals surface area contributed by atoms with Gasteiger partial charge in [0, 0.05) is 13.0 Å². The van der Waals surface area contributed by atoms with E-state index in [-0.39, 0.29) is 25.4 Å². The summed E-state index contributed by atoms with van der Waals surface area (Å²) in [6.07, 6.45) is 0.103. The van der Waals surface area contributed by atoms with Crippen molar-refractivity contribution in [3.05, 3.63) is 30.6 Å². The van der Waals surface area contributed by atoms with Gasteiger partial charge in [-0.15, -0.1) is 0 Å². The van der Waals surface area contributed by atoms with Crippen LogP contribution in [-0.2, 0) is 16.1 Å². The molecule has 2 rings (SSSR count). The number of rotatable bonds is 6. The maximum absolute atomic E-state index is 11.7. The zero-order valence-electron chi connectivity index (χ0n) is 10.7. The van der Waals surface area contributed by atoms with Crippen LogP contribution in [0.2, 0.25) is 0 Å².